The second-order valence-electron chi connectivity index (χ2n) is 13.0. The van der Waals surface area contributed by atoms with Crippen LogP contribution in [0.2, 0.25) is 0 Å². The van der Waals surface area contributed by atoms with Crippen molar-refractivity contribution in [3.63, 3.8) is 0 Å². The summed E-state index contributed by atoms with van der Waals surface area (Å²) in [6.45, 7) is 4.68. The molecule has 0 saturated heterocycles. The van der Waals surface area contributed by atoms with Gasteiger partial charge in [0.25, 0.3) is 0 Å². The van der Waals surface area contributed by atoms with Crippen molar-refractivity contribution in [1.82, 2.24) is 0 Å². The topological polar surface area (TPSA) is 12.5 Å². The lowest BCUT2D eigenvalue weighted by molar-refractivity contribution is 0.455. The van der Waals surface area contributed by atoms with Crippen LogP contribution in [0, 0.1) is 0 Å². The molecule has 9 rings (SSSR count). The van der Waals surface area contributed by atoms with E-state index >= 15 is 0 Å². The van der Waals surface area contributed by atoms with Gasteiger partial charge in [-0.05, 0) is 105 Å². The summed E-state index contributed by atoms with van der Waals surface area (Å²) < 4.78 is 6.31. The summed E-state index contributed by atoms with van der Waals surface area (Å²) in [5.74, 6) is 1.82. The van der Waals surface area contributed by atoms with Gasteiger partial charge in [0.2, 0.25) is 0 Å². The van der Waals surface area contributed by atoms with Crippen molar-refractivity contribution >= 4 is 28.8 Å². The van der Waals surface area contributed by atoms with E-state index in [1.54, 1.807) is 11.8 Å². The quantitative estimate of drug-likeness (QED) is 0.187. The fourth-order valence-corrected chi connectivity index (χ4v) is 8.15. The highest BCUT2D eigenvalue weighted by Crippen LogP contribution is 2.51. The van der Waals surface area contributed by atoms with Gasteiger partial charge in [0.1, 0.15) is 11.5 Å². The number of benzene rings is 7. The van der Waals surface area contributed by atoms with E-state index in [-0.39, 0.29) is 5.41 Å². The van der Waals surface area contributed by atoms with Crippen molar-refractivity contribution in [2.75, 3.05) is 4.90 Å². The summed E-state index contributed by atoms with van der Waals surface area (Å²) in [5.41, 5.74) is 13.4. The predicted molar refractivity (Wildman–Crippen MR) is 200 cm³/mol. The van der Waals surface area contributed by atoms with Crippen molar-refractivity contribution < 1.29 is 4.74 Å². The average molecular weight is 636 g/mol. The lowest BCUT2D eigenvalue weighted by Crippen LogP contribution is -2.16. The molecule has 0 amide bonds. The SMILES string of the molecule is CC1(C)c2ccccc2-c2ccc(N(c3ccc(-c4ccccc4)cc3)c3ccc(-c4ccc5c(c4)Oc4ccccc4S5)cc3)cc21. The number of hydrogen-bond acceptors (Lipinski definition) is 3. The van der Waals surface area contributed by atoms with Crippen molar-refractivity contribution in [3.05, 3.63) is 175 Å². The van der Waals surface area contributed by atoms with Crippen LogP contribution in [-0.2, 0) is 5.41 Å². The van der Waals surface area contributed by atoms with Crippen LogP contribution in [0.25, 0.3) is 33.4 Å². The third kappa shape index (κ3) is 4.82. The van der Waals surface area contributed by atoms with Gasteiger partial charge in [-0.3, -0.25) is 0 Å². The molecule has 0 aromatic heterocycles. The molecular weight excluding hydrogens is 603 g/mol. The molecule has 7 aromatic carbocycles. The first-order chi connectivity index (χ1) is 23.5. The average Bonchev–Trinajstić information content (AvgIpc) is 3.37. The number of ether oxygens (including phenoxy) is 1. The Balaban J connectivity index is 1.10. The molecule has 2 aliphatic rings. The Hall–Kier alpha value is -5.51. The number of para-hydroxylation sites is 1. The van der Waals surface area contributed by atoms with Crippen LogP contribution in [0.4, 0.5) is 17.1 Å². The number of rotatable bonds is 5. The highest BCUT2D eigenvalue weighted by atomic mass is 32.2. The molecule has 1 aliphatic heterocycles. The van der Waals surface area contributed by atoms with Gasteiger partial charge in [0.15, 0.2) is 0 Å². The van der Waals surface area contributed by atoms with Crippen LogP contribution in [0.3, 0.4) is 0 Å². The molecule has 7 aromatic rings. The highest BCUT2D eigenvalue weighted by molar-refractivity contribution is 7.99. The van der Waals surface area contributed by atoms with E-state index in [1.165, 1.54) is 33.4 Å². The van der Waals surface area contributed by atoms with E-state index in [9.17, 15) is 0 Å². The van der Waals surface area contributed by atoms with Gasteiger partial charge < -0.3 is 9.64 Å². The zero-order valence-corrected chi connectivity index (χ0v) is 27.7. The van der Waals surface area contributed by atoms with Crippen LogP contribution in [0.1, 0.15) is 25.0 Å². The summed E-state index contributed by atoms with van der Waals surface area (Å²) in [5, 5.41) is 0. The van der Waals surface area contributed by atoms with E-state index in [1.807, 2.05) is 12.1 Å². The lowest BCUT2D eigenvalue weighted by atomic mass is 9.82. The standard InChI is InChI=1S/C45H33NOS/c1-45(2)39-13-7-6-12-37(39)38-26-25-36(29-40(38)45)46(34-21-16-31(17-22-34)30-10-4-3-5-11-30)35-23-18-32(19-24-35)33-20-27-44-42(28-33)47-41-14-8-9-15-43(41)48-44/h3-29H,1-2H3. The third-order valence-corrected chi connectivity index (χ3v) is 10.9. The number of fused-ring (bicyclic) bond motifs is 5. The Labute approximate surface area is 286 Å². The highest BCUT2D eigenvalue weighted by Gasteiger charge is 2.35. The fourth-order valence-electron chi connectivity index (χ4n) is 7.22. The molecule has 0 spiro atoms. The second-order valence-corrected chi connectivity index (χ2v) is 14.1. The first-order valence-electron chi connectivity index (χ1n) is 16.4. The van der Waals surface area contributed by atoms with Crippen LogP contribution in [-0.4, -0.2) is 0 Å². The molecule has 1 aliphatic carbocycles. The number of hydrogen-bond donors (Lipinski definition) is 0. The Morgan fingerprint density at radius 1 is 0.438 bits per heavy atom. The number of nitrogens with zero attached hydrogens (tertiary/aromatic N) is 1. The Kier molecular flexibility index (Phi) is 6.77. The third-order valence-electron chi connectivity index (χ3n) is 9.75. The minimum atomic E-state index is -0.0814. The van der Waals surface area contributed by atoms with Crippen molar-refractivity contribution in [2.45, 2.75) is 29.1 Å². The second kappa shape index (κ2) is 11.3. The van der Waals surface area contributed by atoms with Gasteiger partial charge in [-0.2, -0.15) is 0 Å². The Morgan fingerprint density at radius 3 is 1.77 bits per heavy atom. The van der Waals surface area contributed by atoms with Gasteiger partial charge >= 0.3 is 0 Å². The normalized spacial score (nSPS) is 13.5. The zero-order valence-electron chi connectivity index (χ0n) is 26.9. The predicted octanol–water partition coefficient (Wildman–Crippen LogP) is 13.1. The van der Waals surface area contributed by atoms with Crippen molar-refractivity contribution in [3.8, 4) is 44.9 Å². The van der Waals surface area contributed by atoms with Gasteiger partial charge in [-0.15, -0.1) is 0 Å². The molecule has 0 saturated carbocycles. The van der Waals surface area contributed by atoms with Crippen LogP contribution < -0.4 is 9.64 Å². The minimum Gasteiger partial charge on any atom is -0.455 e. The molecule has 230 valence electrons. The first kappa shape index (κ1) is 28.7. The molecule has 1 heterocycles. The van der Waals surface area contributed by atoms with Gasteiger partial charge in [-0.1, -0.05) is 129 Å². The Morgan fingerprint density at radius 2 is 1.00 bits per heavy atom. The summed E-state index contributed by atoms with van der Waals surface area (Å²) in [7, 11) is 0. The molecule has 0 radical (unpaired) electrons. The van der Waals surface area contributed by atoms with Gasteiger partial charge in [0.05, 0.1) is 9.79 Å². The summed E-state index contributed by atoms with van der Waals surface area (Å²) in [6, 6.07) is 58.9. The molecule has 0 fully saturated rings. The molecule has 0 unspecified atom stereocenters. The summed E-state index contributed by atoms with van der Waals surface area (Å²) in [6.07, 6.45) is 0. The maximum atomic E-state index is 6.31. The molecule has 2 nitrogen and oxygen atoms in total. The zero-order chi connectivity index (χ0) is 32.2. The van der Waals surface area contributed by atoms with Crippen LogP contribution >= 0.6 is 11.8 Å². The van der Waals surface area contributed by atoms with Gasteiger partial charge in [0, 0.05) is 22.5 Å². The monoisotopic (exact) mass is 635 g/mol. The summed E-state index contributed by atoms with van der Waals surface area (Å²) in [4.78, 5) is 4.67. The van der Waals surface area contributed by atoms with E-state index in [4.69, 9.17) is 4.74 Å². The molecule has 48 heavy (non-hydrogen) atoms. The fraction of sp³-hybridized carbons (Fsp3) is 0.0667. The molecule has 3 heteroatoms. The molecular formula is C45H33NOS. The lowest BCUT2D eigenvalue weighted by Gasteiger charge is -2.28. The van der Waals surface area contributed by atoms with Crippen LogP contribution in [0.15, 0.2) is 174 Å². The van der Waals surface area contributed by atoms with Gasteiger partial charge in [-0.25, -0.2) is 0 Å². The van der Waals surface area contributed by atoms with Crippen molar-refractivity contribution in [1.29, 1.82) is 0 Å². The Bertz CT molecular complexity index is 2310. The molecule has 0 bridgehead atoms. The molecule has 0 N–H and O–H groups in total. The number of anilines is 3. The van der Waals surface area contributed by atoms with E-state index in [0.29, 0.717) is 0 Å². The maximum Gasteiger partial charge on any atom is 0.142 e. The van der Waals surface area contributed by atoms with E-state index in [0.717, 1.165) is 49.5 Å². The summed E-state index contributed by atoms with van der Waals surface area (Å²) >= 11 is 1.76. The largest absolute Gasteiger partial charge is 0.455 e. The molecule has 0 atom stereocenters. The maximum absolute atomic E-state index is 6.31. The van der Waals surface area contributed by atoms with E-state index in [2.05, 4.69) is 170 Å². The van der Waals surface area contributed by atoms with E-state index < -0.39 is 0 Å². The first-order valence-corrected chi connectivity index (χ1v) is 17.2. The minimum absolute atomic E-state index is 0.0814. The van der Waals surface area contributed by atoms with Crippen LogP contribution in [0.5, 0.6) is 11.5 Å². The smallest absolute Gasteiger partial charge is 0.142 e. The van der Waals surface area contributed by atoms with Crippen molar-refractivity contribution in [2.24, 2.45) is 0 Å².